The molecule has 10 heteroatoms. The van der Waals surface area contributed by atoms with Crippen LogP contribution in [0.5, 0.6) is 0 Å². The molecular formula is C24H28N6O4. The van der Waals surface area contributed by atoms with E-state index in [0.717, 1.165) is 5.56 Å². The van der Waals surface area contributed by atoms with Crippen LogP contribution < -0.4 is 10.9 Å². The predicted molar refractivity (Wildman–Crippen MR) is 127 cm³/mol. The number of anilines is 1. The molecule has 3 heterocycles. The first-order valence-corrected chi connectivity index (χ1v) is 11.2. The quantitative estimate of drug-likeness (QED) is 0.597. The SMILES string of the molecule is CCc1c(C)nc(-n2nc(C)c(C)c2NC(=O)c2ccc(C(=O)N3CCOCC3)cc2)[nH]c1=O. The molecule has 0 aliphatic carbocycles. The summed E-state index contributed by atoms with van der Waals surface area (Å²) < 4.78 is 6.73. The number of carbonyl (C=O) groups is 2. The van der Waals surface area contributed by atoms with Crippen molar-refractivity contribution >= 4 is 17.6 Å². The van der Waals surface area contributed by atoms with Gasteiger partial charge in [0.1, 0.15) is 5.82 Å². The smallest absolute Gasteiger partial charge is 0.256 e. The van der Waals surface area contributed by atoms with Gasteiger partial charge in [0.15, 0.2) is 0 Å². The Labute approximate surface area is 197 Å². The molecule has 178 valence electrons. The zero-order valence-corrected chi connectivity index (χ0v) is 19.8. The highest BCUT2D eigenvalue weighted by molar-refractivity contribution is 6.05. The van der Waals surface area contributed by atoms with Gasteiger partial charge in [-0.05, 0) is 51.5 Å². The van der Waals surface area contributed by atoms with Gasteiger partial charge < -0.3 is 15.0 Å². The average molecular weight is 465 g/mol. The van der Waals surface area contributed by atoms with E-state index in [4.69, 9.17) is 4.74 Å². The van der Waals surface area contributed by atoms with E-state index < -0.39 is 0 Å². The van der Waals surface area contributed by atoms with Crippen LogP contribution in [0.1, 0.15) is 50.2 Å². The molecule has 2 N–H and O–H groups in total. The first-order chi connectivity index (χ1) is 16.3. The molecule has 1 saturated heterocycles. The molecule has 0 saturated carbocycles. The van der Waals surface area contributed by atoms with Crippen molar-refractivity contribution in [1.82, 2.24) is 24.6 Å². The molecule has 0 atom stereocenters. The topological polar surface area (TPSA) is 122 Å². The number of hydrogen-bond donors (Lipinski definition) is 2. The lowest BCUT2D eigenvalue weighted by molar-refractivity contribution is 0.0303. The Hall–Kier alpha value is -3.79. The van der Waals surface area contributed by atoms with Crippen molar-refractivity contribution in [3.05, 3.63) is 68.3 Å². The third kappa shape index (κ3) is 4.49. The van der Waals surface area contributed by atoms with Crippen molar-refractivity contribution in [2.45, 2.75) is 34.1 Å². The summed E-state index contributed by atoms with van der Waals surface area (Å²) in [5.41, 5.74) is 3.36. The van der Waals surface area contributed by atoms with Crippen molar-refractivity contribution in [3.8, 4) is 5.95 Å². The number of aryl methyl sites for hydroxylation is 2. The molecule has 1 aliphatic rings. The minimum absolute atomic E-state index is 0.0827. The second-order valence-corrected chi connectivity index (χ2v) is 8.21. The number of amides is 2. The third-order valence-electron chi connectivity index (χ3n) is 6.05. The third-order valence-corrected chi connectivity index (χ3v) is 6.05. The molecule has 34 heavy (non-hydrogen) atoms. The van der Waals surface area contributed by atoms with E-state index >= 15 is 0 Å². The van der Waals surface area contributed by atoms with Crippen LogP contribution in [0.4, 0.5) is 5.82 Å². The van der Waals surface area contributed by atoms with E-state index in [9.17, 15) is 14.4 Å². The molecule has 4 rings (SSSR count). The van der Waals surface area contributed by atoms with Crippen LogP contribution in [0, 0.1) is 20.8 Å². The van der Waals surface area contributed by atoms with Gasteiger partial charge in [-0.3, -0.25) is 19.4 Å². The number of rotatable bonds is 5. The van der Waals surface area contributed by atoms with Gasteiger partial charge in [-0.15, -0.1) is 0 Å². The van der Waals surface area contributed by atoms with Crippen molar-refractivity contribution in [2.75, 3.05) is 31.6 Å². The lowest BCUT2D eigenvalue weighted by atomic mass is 10.1. The summed E-state index contributed by atoms with van der Waals surface area (Å²) in [4.78, 5) is 47.1. The van der Waals surface area contributed by atoms with Crippen LogP contribution in [0.2, 0.25) is 0 Å². The Balaban J connectivity index is 1.58. The van der Waals surface area contributed by atoms with Crippen molar-refractivity contribution < 1.29 is 14.3 Å². The maximum absolute atomic E-state index is 13.0. The van der Waals surface area contributed by atoms with Crippen LogP contribution in [0.15, 0.2) is 29.1 Å². The van der Waals surface area contributed by atoms with Gasteiger partial charge in [0.2, 0.25) is 5.95 Å². The molecule has 1 aliphatic heterocycles. The minimum Gasteiger partial charge on any atom is -0.378 e. The predicted octanol–water partition coefficient (Wildman–Crippen LogP) is 2.17. The fourth-order valence-electron chi connectivity index (χ4n) is 3.91. The number of ether oxygens (including phenoxy) is 1. The number of hydrogen-bond acceptors (Lipinski definition) is 6. The molecular weight excluding hydrogens is 436 g/mol. The fourth-order valence-corrected chi connectivity index (χ4v) is 3.91. The van der Waals surface area contributed by atoms with Crippen LogP contribution >= 0.6 is 0 Å². The monoisotopic (exact) mass is 464 g/mol. The summed E-state index contributed by atoms with van der Waals surface area (Å²) in [7, 11) is 0. The van der Waals surface area contributed by atoms with Crippen molar-refractivity contribution in [3.63, 3.8) is 0 Å². The van der Waals surface area contributed by atoms with E-state index in [1.165, 1.54) is 4.68 Å². The van der Waals surface area contributed by atoms with Crippen LogP contribution in [0.3, 0.4) is 0 Å². The summed E-state index contributed by atoms with van der Waals surface area (Å²) in [6, 6.07) is 6.53. The maximum Gasteiger partial charge on any atom is 0.256 e. The van der Waals surface area contributed by atoms with Crippen LogP contribution in [-0.4, -0.2) is 62.8 Å². The molecule has 1 fully saturated rings. The highest BCUT2D eigenvalue weighted by Gasteiger charge is 2.21. The average Bonchev–Trinajstić information content (AvgIpc) is 3.12. The Morgan fingerprint density at radius 2 is 1.71 bits per heavy atom. The second-order valence-electron chi connectivity index (χ2n) is 8.21. The van der Waals surface area contributed by atoms with E-state index in [0.29, 0.717) is 66.6 Å². The summed E-state index contributed by atoms with van der Waals surface area (Å²) in [6.45, 7) is 9.49. The van der Waals surface area contributed by atoms with Gasteiger partial charge in [-0.1, -0.05) is 6.92 Å². The molecule has 10 nitrogen and oxygen atoms in total. The highest BCUT2D eigenvalue weighted by atomic mass is 16.5. The maximum atomic E-state index is 13.0. The van der Waals surface area contributed by atoms with E-state index in [1.54, 1.807) is 36.1 Å². The van der Waals surface area contributed by atoms with Gasteiger partial charge in [-0.25, -0.2) is 4.98 Å². The van der Waals surface area contributed by atoms with E-state index in [-0.39, 0.29) is 23.3 Å². The Morgan fingerprint density at radius 1 is 1.06 bits per heavy atom. The molecule has 1 aromatic carbocycles. The van der Waals surface area contributed by atoms with Gasteiger partial charge in [0, 0.05) is 41.0 Å². The number of nitrogens with one attached hydrogen (secondary N) is 2. The molecule has 2 amide bonds. The largest absolute Gasteiger partial charge is 0.378 e. The Morgan fingerprint density at radius 3 is 2.32 bits per heavy atom. The number of aromatic amines is 1. The first-order valence-electron chi connectivity index (χ1n) is 11.2. The van der Waals surface area contributed by atoms with Gasteiger partial charge >= 0.3 is 0 Å². The number of benzene rings is 1. The zero-order chi connectivity index (χ0) is 24.4. The number of morpholine rings is 1. The van der Waals surface area contributed by atoms with Crippen molar-refractivity contribution in [1.29, 1.82) is 0 Å². The molecule has 0 spiro atoms. The van der Waals surface area contributed by atoms with E-state index in [2.05, 4.69) is 20.4 Å². The van der Waals surface area contributed by atoms with E-state index in [1.807, 2.05) is 20.8 Å². The number of nitrogens with zero attached hydrogens (tertiary/aromatic N) is 4. The summed E-state index contributed by atoms with van der Waals surface area (Å²) in [5.74, 6) is 0.208. The molecule has 0 radical (unpaired) electrons. The zero-order valence-electron chi connectivity index (χ0n) is 19.8. The van der Waals surface area contributed by atoms with Gasteiger partial charge in [0.05, 0.1) is 18.9 Å². The minimum atomic E-state index is -0.362. The first kappa shape index (κ1) is 23.4. The lowest BCUT2D eigenvalue weighted by Crippen LogP contribution is -2.40. The van der Waals surface area contributed by atoms with Crippen molar-refractivity contribution in [2.24, 2.45) is 0 Å². The normalized spacial score (nSPS) is 13.7. The second kappa shape index (κ2) is 9.60. The van der Waals surface area contributed by atoms with Crippen LogP contribution in [0.25, 0.3) is 5.95 Å². The lowest BCUT2D eigenvalue weighted by Gasteiger charge is -2.26. The number of aromatic nitrogens is 4. The summed E-state index contributed by atoms with van der Waals surface area (Å²) in [6.07, 6.45) is 0.569. The molecule has 2 aromatic heterocycles. The molecule has 3 aromatic rings. The molecule has 0 bridgehead atoms. The standard InChI is InChI=1S/C24H28N6O4/c1-5-19-16(4)25-24(27-22(19)32)30-20(14(2)15(3)28-30)26-21(31)17-6-8-18(9-7-17)23(33)29-10-12-34-13-11-29/h6-9H,5,10-13H2,1-4H3,(H,26,31)(H,25,27,32). The fraction of sp³-hybridized carbons (Fsp3) is 0.375. The highest BCUT2D eigenvalue weighted by Crippen LogP contribution is 2.22. The molecule has 0 unspecified atom stereocenters. The summed E-state index contributed by atoms with van der Waals surface area (Å²) >= 11 is 0. The van der Waals surface area contributed by atoms with Crippen LogP contribution in [-0.2, 0) is 11.2 Å². The van der Waals surface area contributed by atoms with Gasteiger partial charge in [0.25, 0.3) is 17.4 Å². The number of carbonyl (C=O) groups excluding carboxylic acids is 2. The van der Waals surface area contributed by atoms with Gasteiger partial charge in [-0.2, -0.15) is 9.78 Å². The number of H-pyrrole nitrogens is 1. The summed E-state index contributed by atoms with van der Waals surface area (Å²) in [5, 5.41) is 7.34. The Kier molecular flexibility index (Phi) is 6.60. The Bertz CT molecular complexity index is 1290.